The van der Waals surface area contributed by atoms with Crippen LogP contribution in [0.25, 0.3) is 10.9 Å². The summed E-state index contributed by atoms with van der Waals surface area (Å²) in [6.07, 6.45) is -3.35. The maximum absolute atomic E-state index is 13.6. The third-order valence-corrected chi connectivity index (χ3v) is 5.88. The van der Waals surface area contributed by atoms with Gasteiger partial charge in [0.2, 0.25) is 5.24 Å². The van der Waals surface area contributed by atoms with Gasteiger partial charge in [0.15, 0.2) is 0 Å². The van der Waals surface area contributed by atoms with E-state index >= 15 is 0 Å². The number of hydrogen-bond acceptors (Lipinski definition) is 4. The highest BCUT2D eigenvalue weighted by Gasteiger charge is 2.87. The van der Waals surface area contributed by atoms with Crippen LogP contribution in [0.3, 0.4) is 0 Å². The van der Waals surface area contributed by atoms with Crippen molar-refractivity contribution in [2.75, 3.05) is 6.54 Å². The Hall–Kier alpha value is -2.17. The molecule has 1 aromatic heterocycles. The van der Waals surface area contributed by atoms with Gasteiger partial charge in [-0.1, -0.05) is 12.1 Å². The van der Waals surface area contributed by atoms with Crippen LogP contribution in [-0.2, 0) is 4.79 Å². The molecule has 3 unspecified atom stereocenters. The monoisotopic (exact) mass is 365 g/mol. The van der Waals surface area contributed by atoms with E-state index in [1.165, 1.54) is 12.3 Å². The lowest BCUT2D eigenvalue weighted by molar-refractivity contribution is -0.191. The van der Waals surface area contributed by atoms with Crippen LogP contribution in [0.4, 0.5) is 13.2 Å². The summed E-state index contributed by atoms with van der Waals surface area (Å²) < 4.78 is 40.8. The lowest BCUT2D eigenvalue weighted by Gasteiger charge is -2.23. The first kappa shape index (κ1) is 16.3. The second kappa shape index (κ2) is 4.93. The summed E-state index contributed by atoms with van der Waals surface area (Å²) in [5.41, 5.74) is -2.64. The summed E-state index contributed by atoms with van der Waals surface area (Å²) in [5.74, 6) is 0. The SMILES string of the molecule is N#Cc1ccc(C2NCC3(C(F)(F)F)CC23C(=O)Cl)c2cccnc12. The summed E-state index contributed by atoms with van der Waals surface area (Å²) in [7, 11) is 0. The Balaban J connectivity index is 1.92. The molecule has 2 aliphatic rings. The van der Waals surface area contributed by atoms with Gasteiger partial charge in [-0.3, -0.25) is 9.78 Å². The molecule has 25 heavy (non-hydrogen) atoms. The van der Waals surface area contributed by atoms with Gasteiger partial charge in [-0.15, -0.1) is 0 Å². The number of piperidine rings is 1. The molecule has 1 N–H and O–H groups in total. The van der Waals surface area contributed by atoms with E-state index in [4.69, 9.17) is 11.6 Å². The fourth-order valence-corrected chi connectivity index (χ4v) is 4.57. The average Bonchev–Trinajstić information content (AvgIpc) is 3.17. The number of nitrogens with zero attached hydrogens (tertiary/aromatic N) is 2. The molecule has 2 fully saturated rings. The minimum Gasteiger partial charge on any atom is -0.308 e. The van der Waals surface area contributed by atoms with E-state index in [0.717, 1.165) is 0 Å². The summed E-state index contributed by atoms with van der Waals surface area (Å²) >= 11 is 5.67. The fraction of sp³-hybridized carbons (Fsp3) is 0.353. The molecule has 2 heterocycles. The van der Waals surface area contributed by atoms with Crippen molar-refractivity contribution in [1.82, 2.24) is 10.3 Å². The molecule has 4 nitrogen and oxygen atoms in total. The van der Waals surface area contributed by atoms with Gasteiger partial charge in [0.05, 0.1) is 21.9 Å². The predicted molar refractivity (Wildman–Crippen MR) is 83.6 cm³/mol. The lowest BCUT2D eigenvalue weighted by Crippen LogP contribution is -2.33. The molecule has 4 rings (SSSR count). The Bertz CT molecular complexity index is 954. The zero-order valence-electron chi connectivity index (χ0n) is 12.7. The molecule has 2 aromatic rings. The first-order valence-electron chi connectivity index (χ1n) is 7.56. The summed E-state index contributed by atoms with van der Waals surface area (Å²) in [6, 6.07) is 7.55. The maximum Gasteiger partial charge on any atom is 0.396 e. The first-order chi connectivity index (χ1) is 11.8. The number of rotatable bonds is 2. The number of nitriles is 1. The Morgan fingerprint density at radius 3 is 2.76 bits per heavy atom. The fourth-order valence-electron chi connectivity index (χ4n) is 4.22. The van der Waals surface area contributed by atoms with E-state index in [-0.39, 0.29) is 13.0 Å². The second-order valence-corrected chi connectivity index (χ2v) is 6.87. The topological polar surface area (TPSA) is 65.8 Å². The zero-order chi connectivity index (χ0) is 18.0. The van der Waals surface area contributed by atoms with Gasteiger partial charge in [0.1, 0.15) is 6.07 Å². The highest BCUT2D eigenvalue weighted by Crippen LogP contribution is 2.79. The number of pyridine rings is 1. The number of halogens is 4. The number of hydrogen-bond donors (Lipinski definition) is 1. The summed E-state index contributed by atoms with van der Waals surface area (Å²) in [4.78, 5) is 16.2. The van der Waals surface area contributed by atoms with Gasteiger partial charge in [-0.25, -0.2) is 0 Å². The molecule has 0 radical (unpaired) electrons. The van der Waals surface area contributed by atoms with Gasteiger partial charge in [-0.05, 0) is 35.7 Å². The van der Waals surface area contributed by atoms with Crippen molar-refractivity contribution in [3.63, 3.8) is 0 Å². The van der Waals surface area contributed by atoms with Crippen LogP contribution in [0, 0.1) is 22.2 Å². The number of alkyl halides is 3. The van der Waals surface area contributed by atoms with E-state index in [2.05, 4.69) is 10.3 Å². The smallest absolute Gasteiger partial charge is 0.308 e. The number of carbonyl (C=O) groups excluding carboxylic acids is 1. The van der Waals surface area contributed by atoms with Crippen LogP contribution in [0.1, 0.15) is 23.6 Å². The Kier molecular flexibility index (Phi) is 3.22. The van der Waals surface area contributed by atoms with Gasteiger partial charge >= 0.3 is 6.18 Å². The standard InChI is InChI=1S/C17H11ClF3N3O/c18-14(25)16-7-15(16,17(19,20)21)8-24-13(16)11-4-3-9(6-22)12-10(11)2-1-5-23-12/h1-5,13,24H,7-8H2. The highest BCUT2D eigenvalue weighted by atomic mass is 35.5. The van der Waals surface area contributed by atoms with Crippen molar-refractivity contribution in [2.24, 2.45) is 10.8 Å². The zero-order valence-corrected chi connectivity index (χ0v) is 13.4. The predicted octanol–water partition coefficient (Wildman–Crippen LogP) is 3.45. The third kappa shape index (κ3) is 1.87. The van der Waals surface area contributed by atoms with E-state index in [1.54, 1.807) is 18.2 Å². The van der Waals surface area contributed by atoms with Crippen molar-refractivity contribution in [3.8, 4) is 6.07 Å². The van der Waals surface area contributed by atoms with Crippen LogP contribution in [0.5, 0.6) is 0 Å². The quantitative estimate of drug-likeness (QED) is 0.828. The normalized spacial score (nSPS) is 30.8. The second-order valence-electron chi connectivity index (χ2n) is 6.53. The molecule has 3 atom stereocenters. The number of carbonyl (C=O) groups is 1. The van der Waals surface area contributed by atoms with Gasteiger partial charge in [-0.2, -0.15) is 18.4 Å². The Morgan fingerprint density at radius 2 is 2.16 bits per heavy atom. The molecule has 1 saturated carbocycles. The third-order valence-electron chi connectivity index (χ3n) is 5.54. The molecule has 1 aliphatic heterocycles. The summed E-state index contributed by atoms with van der Waals surface area (Å²) in [5, 5.41) is 11.6. The molecule has 0 amide bonds. The molecule has 1 aromatic carbocycles. The van der Waals surface area contributed by atoms with Crippen molar-refractivity contribution in [3.05, 3.63) is 41.6 Å². The molecule has 8 heteroatoms. The minimum absolute atomic E-state index is 0.321. The molecular weight excluding hydrogens is 355 g/mol. The number of benzene rings is 1. The van der Waals surface area contributed by atoms with E-state index in [0.29, 0.717) is 22.0 Å². The average molecular weight is 366 g/mol. The van der Waals surface area contributed by atoms with E-state index < -0.39 is 28.3 Å². The molecular formula is C17H11ClF3N3O. The minimum atomic E-state index is -4.53. The molecule has 1 aliphatic carbocycles. The molecule has 0 bridgehead atoms. The van der Waals surface area contributed by atoms with Gasteiger partial charge < -0.3 is 5.32 Å². The van der Waals surface area contributed by atoms with Crippen LogP contribution < -0.4 is 5.32 Å². The highest BCUT2D eigenvalue weighted by molar-refractivity contribution is 6.65. The Morgan fingerprint density at radius 1 is 1.40 bits per heavy atom. The van der Waals surface area contributed by atoms with Crippen LogP contribution in [0.2, 0.25) is 0 Å². The molecule has 0 spiro atoms. The van der Waals surface area contributed by atoms with Gasteiger partial charge in [0.25, 0.3) is 0 Å². The number of nitrogens with one attached hydrogen (secondary N) is 1. The lowest BCUT2D eigenvalue weighted by atomic mass is 9.85. The number of fused-ring (bicyclic) bond motifs is 2. The molecule has 128 valence electrons. The molecule has 1 saturated heterocycles. The van der Waals surface area contributed by atoms with Crippen molar-refractivity contribution in [1.29, 1.82) is 5.26 Å². The maximum atomic E-state index is 13.6. The van der Waals surface area contributed by atoms with Crippen molar-refractivity contribution in [2.45, 2.75) is 18.6 Å². The summed E-state index contributed by atoms with van der Waals surface area (Å²) in [6.45, 7) is -0.360. The van der Waals surface area contributed by atoms with Crippen LogP contribution in [-0.4, -0.2) is 22.9 Å². The van der Waals surface area contributed by atoms with Crippen LogP contribution in [0.15, 0.2) is 30.5 Å². The van der Waals surface area contributed by atoms with Crippen LogP contribution >= 0.6 is 11.6 Å². The first-order valence-corrected chi connectivity index (χ1v) is 7.94. The number of aromatic nitrogens is 1. The largest absolute Gasteiger partial charge is 0.396 e. The van der Waals surface area contributed by atoms with Gasteiger partial charge in [0, 0.05) is 24.2 Å². The van der Waals surface area contributed by atoms with Crippen molar-refractivity contribution >= 4 is 27.7 Å². The van der Waals surface area contributed by atoms with E-state index in [1.807, 2.05) is 6.07 Å². The Labute approximate surface area is 145 Å². The van der Waals surface area contributed by atoms with Crippen molar-refractivity contribution < 1.29 is 18.0 Å². The van der Waals surface area contributed by atoms with E-state index in [9.17, 15) is 23.2 Å².